The van der Waals surface area contributed by atoms with Crippen molar-refractivity contribution in [3.05, 3.63) is 35.4 Å². The maximum absolute atomic E-state index is 11.2. The van der Waals surface area contributed by atoms with E-state index in [1.165, 1.54) is 0 Å². The largest absolute Gasteiger partial charge is 0.434 e. The Morgan fingerprint density at radius 3 is 2.86 bits per heavy atom. The number of carbonyl (C=O) groups is 2. The van der Waals surface area contributed by atoms with Gasteiger partial charge in [-0.05, 0) is 6.07 Å². The molecule has 0 fully saturated rings. The number of nitrogens with two attached hydrogens (primary N) is 1. The van der Waals surface area contributed by atoms with Crippen LogP contribution in [0.15, 0.2) is 24.3 Å². The fourth-order valence-corrected chi connectivity index (χ4v) is 1.38. The minimum Gasteiger partial charge on any atom is -0.434 e. The van der Waals surface area contributed by atoms with Crippen LogP contribution in [-0.2, 0) is 4.74 Å². The summed E-state index contributed by atoms with van der Waals surface area (Å²) in [7, 11) is 0. The molecule has 0 bridgehead atoms. The highest BCUT2D eigenvalue weighted by atomic mass is 16.6. The molecule has 14 heavy (non-hydrogen) atoms. The summed E-state index contributed by atoms with van der Waals surface area (Å²) in [6.45, 7) is 0. The van der Waals surface area contributed by atoms with Crippen molar-refractivity contribution in [1.82, 2.24) is 5.32 Å². The number of benzene rings is 1. The van der Waals surface area contributed by atoms with Crippen LogP contribution in [0.3, 0.4) is 0 Å². The molecule has 5 nitrogen and oxygen atoms in total. The number of rotatable bonds is 1. The molecule has 5 heteroatoms. The number of hydrogen-bond acceptors (Lipinski definition) is 3. The van der Waals surface area contributed by atoms with Crippen LogP contribution in [0.1, 0.15) is 22.1 Å². The molecule has 0 saturated carbocycles. The number of hydrogen-bond donors (Lipinski definition) is 2. The first-order valence-corrected chi connectivity index (χ1v) is 4.04. The van der Waals surface area contributed by atoms with E-state index in [2.05, 4.69) is 5.32 Å². The molecule has 3 N–H and O–H groups in total. The Labute approximate surface area is 79.8 Å². The van der Waals surface area contributed by atoms with Crippen molar-refractivity contribution in [3.8, 4) is 0 Å². The van der Waals surface area contributed by atoms with E-state index in [9.17, 15) is 9.59 Å². The van der Waals surface area contributed by atoms with Gasteiger partial charge < -0.3 is 10.5 Å². The van der Waals surface area contributed by atoms with Crippen molar-refractivity contribution < 1.29 is 14.3 Å². The molecule has 0 aromatic heterocycles. The molecule has 0 radical (unpaired) electrons. The molecule has 1 aliphatic heterocycles. The number of esters is 1. The van der Waals surface area contributed by atoms with Gasteiger partial charge in [0.25, 0.3) is 0 Å². The molecule has 72 valence electrons. The summed E-state index contributed by atoms with van der Waals surface area (Å²) < 4.78 is 4.89. The number of urea groups is 1. The number of fused-ring (bicyclic) bond motifs is 1. The number of amides is 2. The third-order valence-electron chi connectivity index (χ3n) is 1.96. The van der Waals surface area contributed by atoms with Gasteiger partial charge in [0.05, 0.1) is 5.56 Å². The maximum atomic E-state index is 11.2. The zero-order chi connectivity index (χ0) is 10.1. The standard InChI is InChI=1S/C9H8N2O3/c10-9(13)11-7-5-3-1-2-4-6(5)8(12)14-7/h1-4,7H,(H3,10,11,13). The maximum Gasteiger partial charge on any atom is 0.340 e. The fourth-order valence-electron chi connectivity index (χ4n) is 1.38. The van der Waals surface area contributed by atoms with Gasteiger partial charge >= 0.3 is 12.0 Å². The molecule has 0 aliphatic carbocycles. The van der Waals surface area contributed by atoms with Gasteiger partial charge in [0.2, 0.25) is 6.23 Å². The summed E-state index contributed by atoms with van der Waals surface area (Å²) in [5, 5.41) is 2.32. The van der Waals surface area contributed by atoms with E-state index >= 15 is 0 Å². The Balaban J connectivity index is 2.34. The van der Waals surface area contributed by atoms with Gasteiger partial charge in [0.15, 0.2) is 0 Å². The second-order valence-electron chi connectivity index (χ2n) is 2.88. The third-order valence-corrected chi connectivity index (χ3v) is 1.96. The summed E-state index contributed by atoms with van der Waals surface area (Å²) >= 11 is 0. The van der Waals surface area contributed by atoms with Gasteiger partial charge in [-0.2, -0.15) is 0 Å². The summed E-state index contributed by atoms with van der Waals surface area (Å²) in [6, 6.07) is 6.12. The van der Waals surface area contributed by atoms with Crippen LogP contribution < -0.4 is 11.1 Å². The van der Waals surface area contributed by atoms with Crippen molar-refractivity contribution in [2.45, 2.75) is 6.23 Å². The third kappa shape index (κ3) is 1.28. The second kappa shape index (κ2) is 3.02. The normalized spacial score (nSPS) is 18.6. The summed E-state index contributed by atoms with van der Waals surface area (Å²) in [5.74, 6) is -0.445. The monoisotopic (exact) mass is 192 g/mol. The highest BCUT2D eigenvalue weighted by Crippen LogP contribution is 2.27. The molecule has 1 aromatic carbocycles. The van der Waals surface area contributed by atoms with Gasteiger partial charge in [-0.15, -0.1) is 0 Å². The second-order valence-corrected chi connectivity index (χ2v) is 2.88. The van der Waals surface area contributed by atoms with Gasteiger partial charge in [-0.1, -0.05) is 18.2 Å². The van der Waals surface area contributed by atoms with Gasteiger partial charge in [-0.3, -0.25) is 5.32 Å². The SMILES string of the molecule is NC(=O)NC1OC(=O)c2ccccc21. The van der Waals surface area contributed by atoms with Crippen molar-refractivity contribution in [2.24, 2.45) is 5.73 Å². The van der Waals surface area contributed by atoms with Crippen LogP contribution in [0.5, 0.6) is 0 Å². The molecule has 1 aliphatic rings. The van der Waals surface area contributed by atoms with Gasteiger partial charge in [0.1, 0.15) is 0 Å². The van der Waals surface area contributed by atoms with E-state index < -0.39 is 18.2 Å². The van der Waals surface area contributed by atoms with Crippen LogP contribution in [0, 0.1) is 0 Å². The molecule has 0 spiro atoms. The highest BCUT2D eigenvalue weighted by Gasteiger charge is 2.30. The Hall–Kier alpha value is -2.04. The first kappa shape index (κ1) is 8.55. The van der Waals surface area contributed by atoms with Crippen molar-refractivity contribution in [1.29, 1.82) is 0 Å². The molecular formula is C9H8N2O3. The Bertz CT molecular complexity index is 401. The molecule has 1 aromatic rings. The van der Waals surface area contributed by atoms with Crippen molar-refractivity contribution >= 4 is 12.0 Å². The first-order chi connectivity index (χ1) is 6.68. The molecule has 2 rings (SSSR count). The lowest BCUT2D eigenvalue weighted by Gasteiger charge is -2.09. The first-order valence-electron chi connectivity index (χ1n) is 4.04. The van der Waals surface area contributed by atoms with Gasteiger partial charge in [-0.25, -0.2) is 9.59 Å². The topological polar surface area (TPSA) is 81.4 Å². The quantitative estimate of drug-likeness (QED) is 0.636. The lowest BCUT2D eigenvalue weighted by molar-refractivity contribution is 0.0340. The fraction of sp³-hybridized carbons (Fsp3) is 0.111. The van der Waals surface area contributed by atoms with E-state index in [-0.39, 0.29) is 0 Å². The number of carbonyl (C=O) groups excluding carboxylic acids is 2. The minimum absolute atomic E-state index is 0.445. The Kier molecular flexibility index (Phi) is 1.85. The average molecular weight is 192 g/mol. The number of ether oxygens (including phenoxy) is 1. The smallest absolute Gasteiger partial charge is 0.340 e. The minimum atomic E-state index is -0.754. The predicted octanol–water partition coefficient (Wildman–Crippen LogP) is 0.524. The van der Waals surface area contributed by atoms with Crippen LogP contribution in [0.4, 0.5) is 4.79 Å². The predicted molar refractivity (Wildman–Crippen MR) is 47.3 cm³/mol. The van der Waals surface area contributed by atoms with Crippen LogP contribution in [0.2, 0.25) is 0 Å². The Morgan fingerprint density at radius 2 is 2.14 bits per heavy atom. The zero-order valence-corrected chi connectivity index (χ0v) is 7.19. The van der Waals surface area contributed by atoms with Crippen LogP contribution >= 0.6 is 0 Å². The summed E-state index contributed by atoms with van der Waals surface area (Å²) in [6.07, 6.45) is -0.754. The van der Waals surface area contributed by atoms with E-state index in [1.807, 2.05) is 0 Å². The van der Waals surface area contributed by atoms with Gasteiger partial charge in [0, 0.05) is 5.56 Å². The molecule has 2 amide bonds. The van der Waals surface area contributed by atoms with Crippen molar-refractivity contribution in [2.75, 3.05) is 0 Å². The summed E-state index contributed by atoms with van der Waals surface area (Å²) in [4.78, 5) is 21.8. The van der Waals surface area contributed by atoms with E-state index in [0.717, 1.165) is 0 Å². The lowest BCUT2D eigenvalue weighted by Crippen LogP contribution is -2.33. The summed E-state index contributed by atoms with van der Waals surface area (Å²) in [5.41, 5.74) is 6.03. The molecular weight excluding hydrogens is 184 g/mol. The van der Waals surface area contributed by atoms with E-state index in [1.54, 1.807) is 24.3 Å². The van der Waals surface area contributed by atoms with E-state index in [4.69, 9.17) is 10.5 Å². The lowest BCUT2D eigenvalue weighted by atomic mass is 10.1. The average Bonchev–Trinajstić information content (AvgIpc) is 2.44. The molecule has 1 atom stereocenters. The van der Waals surface area contributed by atoms with Crippen LogP contribution in [0.25, 0.3) is 0 Å². The van der Waals surface area contributed by atoms with E-state index in [0.29, 0.717) is 11.1 Å². The number of cyclic esters (lactones) is 1. The van der Waals surface area contributed by atoms with Crippen LogP contribution in [-0.4, -0.2) is 12.0 Å². The Morgan fingerprint density at radius 1 is 1.43 bits per heavy atom. The zero-order valence-electron chi connectivity index (χ0n) is 7.19. The number of nitrogens with one attached hydrogen (secondary N) is 1. The number of primary amides is 1. The highest BCUT2D eigenvalue weighted by molar-refractivity contribution is 5.94. The van der Waals surface area contributed by atoms with Crippen molar-refractivity contribution in [3.63, 3.8) is 0 Å². The molecule has 0 saturated heterocycles. The molecule has 1 unspecified atom stereocenters. The molecule has 1 heterocycles.